The lowest BCUT2D eigenvalue weighted by atomic mass is 10.1. The highest BCUT2D eigenvalue weighted by atomic mass is 19.1. The molecule has 0 aliphatic carbocycles. The first kappa shape index (κ1) is 14.5. The Morgan fingerprint density at radius 1 is 1.10 bits per heavy atom. The third-order valence-corrected chi connectivity index (χ3v) is 3.16. The molecule has 2 nitrogen and oxygen atoms in total. The zero-order chi connectivity index (χ0) is 14.7. The second-order valence-corrected chi connectivity index (χ2v) is 4.83. The number of aryl methyl sites for hydroxylation is 1. The van der Waals surface area contributed by atoms with Crippen molar-refractivity contribution >= 4 is 0 Å². The highest BCUT2D eigenvalue weighted by molar-refractivity contribution is 5.36. The van der Waals surface area contributed by atoms with E-state index in [4.69, 9.17) is 10.5 Å². The minimum atomic E-state index is -0.355. The van der Waals surface area contributed by atoms with E-state index >= 15 is 0 Å². The molecule has 0 spiro atoms. The average Bonchev–Trinajstić information content (AvgIpc) is 2.40. The quantitative estimate of drug-likeness (QED) is 0.920. The van der Waals surface area contributed by atoms with Crippen LogP contribution in [-0.2, 0) is 6.61 Å². The summed E-state index contributed by atoms with van der Waals surface area (Å²) in [6, 6.07) is 8.43. The Hall–Kier alpha value is -1.94. The molecule has 0 aromatic heterocycles. The van der Waals surface area contributed by atoms with Gasteiger partial charge in [-0.1, -0.05) is 6.07 Å². The van der Waals surface area contributed by atoms with Crippen molar-refractivity contribution in [1.29, 1.82) is 0 Å². The van der Waals surface area contributed by atoms with Gasteiger partial charge in [0.2, 0.25) is 0 Å². The molecule has 0 unspecified atom stereocenters. The van der Waals surface area contributed by atoms with Crippen molar-refractivity contribution in [2.75, 3.05) is 0 Å². The van der Waals surface area contributed by atoms with E-state index in [1.54, 1.807) is 19.1 Å². The van der Waals surface area contributed by atoms with E-state index in [2.05, 4.69) is 0 Å². The molecule has 20 heavy (non-hydrogen) atoms. The van der Waals surface area contributed by atoms with E-state index in [1.165, 1.54) is 24.3 Å². The van der Waals surface area contributed by atoms with Crippen LogP contribution in [0.3, 0.4) is 0 Å². The summed E-state index contributed by atoms with van der Waals surface area (Å²) >= 11 is 0. The van der Waals surface area contributed by atoms with E-state index < -0.39 is 0 Å². The van der Waals surface area contributed by atoms with Crippen LogP contribution in [-0.4, -0.2) is 0 Å². The molecule has 4 heteroatoms. The molecule has 0 aliphatic rings. The smallest absolute Gasteiger partial charge is 0.124 e. The first-order valence-corrected chi connectivity index (χ1v) is 6.40. The van der Waals surface area contributed by atoms with Crippen LogP contribution in [0.25, 0.3) is 0 Å². The summed E-state index contributed by atoms with van der Waals surface area (Å²) in [5, 5.41) is 0. The maximum absolute atomic E-state index is 13.2. The molecule has 0 fully saturated rings. The number of rotatable bonds is 4. The van der Waals surface area contributed by atoms with Gasteiger partial charge in [0.1, 0.15) is 24.0 Å². The summed E-state index contributed by atoms with van der Waals surface area (Å²) in [6.07, 6.45) is 0. The highest BCUT2D eigenvalue weighted by Crippen LogP contribution is 2.26. The molecule has 2 N–H and O–H groups in total. The van der Waals surface area contributed by atoms with Gasteiger partial charge in [-0.3, -0.25) is 0 Å². The Labute approximate surface area is 117 Å². The predicted octanol–water partition coefficient (Wildman–Crippen LogP) is 3.87. The molecular formula is C16H17F2NO. The van der Waals surface area contributed by atoms with E-state index in [1.807, 2.05) is 6.92 Å². The number of ether oxygens (including phenoxy) is 1. The van der Waals surface area contributed by atoms with Gasteiger partial charge in [0.15, 0.2) is 0 Å². The monoisotopic (exact) mass is 277 g/mol. The highest BCUT2D eigenvalue weighted by Gasteiger charge is 2.10. The molecule has 2 aromatic carbocycles. The molecular weight excluding hydrogens is 260 g/mol. The third kappa shape index (κ3) is 3.33. The lowest BCUT2D eigenvalue weighted by molar-refractivity contribution is 0.299. The van der Waals surface area contributed by atoms with Gasteiger partial charge in [-0.15, -0.1) is 0 Å². The van der Waals surface area contributed by atoms with Crippen LogP contribution in [0.1, 0.15) is 29.7 Å². The standard InChI is InChI=1S/C16H17F2NO/c1-10-3-4-13(17)7-12(10)9-20-16-6-5-14(18)8-15(16)11(2)19/h3-8,11H,9,19H2,1-2H3/t11-/m0/s1. The number of halogens is 2. The van der Waals surface area contributed by atoms with Gasteiger partial charge in [-0.05, 0) is 55.3 Å². The topological polar surface area (TPSA) is 35.2 Å². The first-order valence-electron chi connectivity index (χ1n) is 6.40. The number of hydrogen-bond donors (Lipinski definition) is 1. The van der Waals surface area contributed by atoms with E-state index in [-0.39, 0.29) is 24.3 Å². The van der Waals surface area contributed by atoms with Crippen LogP contribution in [0.4, 0.5) is 8.78 Å². The van der Waals surface area contributed by atoms with Gasteiger partial charge in [-0.2, -0.15) is 0 Å². The fourth-order valence-electron chi connectivity index (χ4n) is 1.96. The first-order chi connectivity index (χ1) is 9.47. The molecule has 0 radical (unpaired) electrons. The van der Waals surface area contributed by atoms with E-state index in [9.17, 15) is 8.78 Å². The normalized spacial score (nSPS) is 12.2. The van der Waals surface area contributed by atoms with Gasteiger partial charge < -0.3 is 10.5 Å². The lowest BCUT2D eigenvalue weighted by Crippen LogP contribution is -2.09. The van der Waals surface area contributed by atoms with Crippen LogP contribution in [0.5, 0.6) is 5.75 Å². The number of nitrogens with two attached hydrogens (primary N) is 1. The molecule has 2 aromatic rings. The zero-order valence-corrected chi connectivity index (χ0v) is 11.5. The van der Waals surface area contributed by atoms with E-state index in [0.29, 0.717) is 11.3 Å². The van der Waals surface area contributed by atoms with Crippen LogP contribution in [0, 0.1) is 18.6 Å². The van der Waals surface area contributed by atoms with Crippen molar-refractivity contribution in [3.8, 4) is 5.75 Å². The summed E-state index contributed by atoms with van der Waals surface area (Å²) < 4.78 is 32.1. The van der Waals surface area contributed by atoms with Crippen molar-refractivity contribution in [3.63, 3.8) is 0 Å². The summed E-state index contributed by atoms with van der Waals surface area (Å²) in [5.74, 6) is -0.141. The molecule has 0 bridgehead atoms. The van der Waals surface area contributed by atoms with Gasteiger partial charge in [0.05, 0.1) is 0 Å². The van der Waals surface area contributed by atoms with Gasteiger partial charge in [-0.25, -0.2) is 8.78 Å². The van der Waals surface area contributed by atoms with Crippen LogP contribution in [0.15, 0.2) is 36.4 Å². The lowest BCUT2D eigenvalue weighted by Gasteiger charge is -2.15. The van der Waals surface area contributed by atoms with Gasteiger partial charge >= 0.3 is 0 Å². The summed E-state index contributed by atoms with van der Waals surface area (Å²) in [6.45, 7) is 3.86. The van der Waals surface area contributed by atoms with Gasteiger partial charge in [0, 0.05) is 11.6 Å². The number of benzene rings is 2. The Kier molecular flexibility index (Phi) is 4.35. The molecule has 2 rings (SSSR count). The minimum absolute atomic E-state index is 0.217. The molecule has 0 amide bonds. The maximum atomic E-state index is 13.2. The summed E-state index contributed by atoms with van der Waals surface area (Å²) in [5.41, 5.74) is 8.09. The minimum Gasteiger partial charge on any atom is -0.489 e. The second-order valence-electron chi connectivity index (χ2n) is 4.83. The van der Waals surface area contributed by atoms with Crippen molar-refractivity contribution in [2.45, 2.75) is 26.5 Å². The molecule has 0 heterocycles. The molecule has 0 saturated heterocycles. The Balaban J connectivity index is 2.20. The SMILES string of the molecule is Cc1ccc(F)cc1COc1ccc(F)cc1[C@H](C)N. The Morgan fingerprint density at radius 3 is 2.45 bits per heavy atom. The fourth-order valence-corrected chi connectivity index (χ4v) is 1.96. The molecule has 0 saturated carbocycles. The molecule has 1 atom stereocenters. The largest absolute Gasteiger partial charge is 0.489 e. The molecule has 106 valence electrons. The van der Waals surface area contributed by atoms with Gasteiger partial charge in [0.25, 0.3) is 0 Å². The van der Waals surface area contributed by atoms with Crippen LogP contribution < -0.4 is 10.5 Å². The fraction of sp³-hybridized carbons (Fsp3) is 0.250. The Morgan fingerprint density at radius 2 is 1.75 bits per heavy atom. The second kappa shape index (κ2) is 6.01. The zero-order valence-electron chi connectivity index (χ0n) is 11.5. The van der Waals surface area contributed by atoms with Crippen LogP contribution >= 0.6 is 0 Å². The van der Waals surface area contributed by atoms with Crippen molar-refractivity contribution < 1.29 is 13.5 Å². The summed E-state index contributed by atoms with van der Waals surface area (Å²) in [7, 11) is 0. The van der Waals surface area contributed by atoms with Crippen molar-refractivity contribution in [2.24, 2.45) is 5.73 Å². The van der Waals surface area contributed by atoms with E-state index in [0.717, 1.165) is 11.1 Å². The number of hydrogen-bond acceptors (Lipinski definition) is 2. The summed E-state index contributed by atoms with van der Waals surface area (Å²) in [4.78, 5) is 0. The van der Waals surface area contributed by atoms with Crippen LogP contribution in [0.2, 0.25) is 0 Å². The average molecular weight is 277 g/mol. The molecule has 0 aliphatic heterocycles. The maximum Gasteiger partial charge on any atom is 0.124 e. The Bertz CT molecular complexity index is 611. The third-order valence-electron chi connectivity index (χ3n) is 3.16. The van der Waals surface area contributed by atoms with Crippen molar-refractivity contribution in [1.82, 2.24) is 0 Å². The predicted molar refractivity (Wildman–Crippen MR) is 74.5 cm³/mol. The van der Waals surface area contributed by atoms with Crippen molar-refractivity contribution in [3.05, 3.63) is 64.7 Å².